The van der Waals surface area contributed by atoms with Crippen molar-refractivity contribution in [1.29, 1.82) is 0 Å². The second-order valence-electron chi connectivity index (χ2n) is 6.38. The molecule has 2 unspecified atom stereocenters. The molecular formula is C17H23N5O3. The number of benzene rings is 1. The lowest BCUT2D eigenvalue weighted by Gasteiger charge is -2.40. The number of rotatable bonds is 4. The molecule has 0 aliphatic carbocycles. The number of imide groups is 1. The van der Waals surface area contributed by atoms with Gasteiger partial charge in [-0.25, -0.2) is 4.79 Å². The molecule has 2 saturated heterocycles. The van der Waals surface area contributed by atoms with E-state index >= 15 is 0 Å². The van der Waals surface area contributed by atoms with Crippen LogP contribution in [0.25, 0.3) is 0 Å². The number of carbonyl (C=O) groups is 2. The summed E-state index contributed by atoms with van der Waals surface area (Å²) in [4.78, 5) is 34.4. The molecule has 2 fully saturated rings. The molecule has 0 radical (unpaired) electrons. The van der Waals surface area contributed by atoms with Crippen molar-refractivity contribution in [2.24, 2.45) is 4.99 Å². The molecule has 2 heterocycles. The van der Waals surface area contributed by atoms with Gasteiger partial charge in [0.2, 0.25) is 0 Å². The van der Waals surface area contributed by atoms with E-state index in [4.69, 9.17) is 5.11 Å². The van der Waals surface area contributed by atoms with Crippen LogP contribution in [0.3, 0.4) is 0 Å². The summed E-state index contributed by atoms with van der Waals surface area (Å²) in [7, 11) is 3.43. The zero-order chi connectivity index (χ0) is 18.1. The molecule has 134 valence electrons. The number of carbonyl (C=O) groups excluding carboxylic acids is 2. The van der Waals surface area contributed by atoms with Crippen LogP contribution < -0.4 is 5.32 Å². The Kier molecular flexibility index (Phi) is 4.63. The van der Waals surface area contributed by atoms with Gasteiger partial charge in [-0.3, -0.25) is 14.7 Å². The first-order valence-electron chi connectivity index (χ1n) is 8.22. The van der Waals surface area contributed by atoms with Crippen LogP contribution >= 0.6 is 0 Å². The number of hydrogen-bond acceptors (Lipinski definition) is 4. The molecule has 2 N–H and O–H groups in total. The summed E-state index contributed by atoms with van der Waals surface area (Å²) in [5.74, 6) is 0.257. The van der Waals surface area contributed by atoms with Gasteiger partial charge in [-0.15, -0.1) is 0 Å². The van der Waals surface area contributed by atoms with E-state index in [2.05, 4.69) is 10.3 Å². The van der Waals surface area contributed by atoms with Crippen molar-refractivity contribution in [2.75, 3.05) is 27.2 Å². The highest BCUT2D eigenvalue weighted by Crippen LogP contribution is 2.25. The first-order valence-corrected chi connectivity index (χ1v) is 8.22. The maximum Gasteiger partial charge on any atom is 0.328 e. The summed E-state index contributed by atoms with van der Waals surface area (Å²) >= 11 is 0. The molecule has 0 bridgehead atoms. The molecule has 8 heteroatoms. The number of amides is 3. The fourth-order valence-corrected chi connectivity index (χ4v) is 3.16. The van der Waals surface area contributed by atoms with Gasteiger partial charge < -0.3 is 20.2 Å². The van der Waals surface area contributed by atoms with E-state index < -0.39 is 12.2 Å². The van der Waals surface area contributed by atoms with Crippen LogP contribution in [0.1, 0.15) is 11.1 Å². The summed E-state index contributed by atoms with van der Waals surface area (Å²) in [5.41, 5.74) is 2.03. The second kappa shape index (κ2) is 6.72. The third kappa shape index (κ3) is 3.05. The van der Waals surface area contributed by atoms with Crippen molar-refractivity contribution in [3.63, 3.8) is 0 Å². The molecule has 2 aliphatic heterocycles. The Hall–Kier alpha value is -2.61. The summed E-state index contributed by atoms with van der Waals surface area (Å²) < 4.78 is 0. The van der Waals surface area contributed by atoms with Crippen LogP contribution in [0.2, 0.25) is 0 Å². The smallest absolute Gasteiger partial charge is 0.328 e. The minimum atomic E-state index is -0.536. The molecule has 0 spiro atoms. The Bertz CT molecular complexity index is 703. The highest BCUT2D eigenvalue weighted by Gasteiger charge is 2.51. The number of aliphatic hydroxyl groups excluding tert-OH is 1. The third-order valence-electron chi connectivity index (χ3n) is 4.62. The number of urea groups is 1. The Morgan fingerprint density at radius 1 is 1.16 bits per heavy atom. The van der Waals surface area contributed by atoms with Crippen LogP contribution in [0.4, 0.5) is 4.79 Å². The maximum atomic E-state index is 13.0. The van der Waals surface area contributed by atoms with Gasteiger partial charge in [-0.05, 0) is 12.5 Å². The molecular weight excluding hydrogens is 322 g/mol. The molecule has 2 aliphatic rings. The van der Waals surface area contributed by atoms with E-state index in [-0.39, 0.29) is 31.6 Å². The van der Waals surface area contributed by atoms with Crippen molar-refractivity contribution >= 4 is 17.9 Å². The first-order chi connectivity index (χ1) is 11.9. The number of fused-ring (bicyclic) bond motifs is 1. The topological polar surface area (TPSA) is 88.5 Å². The van der Waals surface area contributed by atoms with Gasteiger partial charge in [0.25, 0.3) is 5.91 Å². The van der Waals surface area contributed by atoms with Crippen LogP contribution in [-0.4, -0.2) is 77.2 Å². The Morgan fingerprint density at radius 3 is 2.48 bits per heavy atom. The van der Waals surface area contributed by atoms with Gasteiger partial charge in [-0.1, -0.05) is 29.8 Å². The molecule has 25 heavy (non-hydrogen) atoms. The number of aryl methyl sites for hydroxylation is 1. The van der Waals surface area contributed by atoms with Gasteiger partial charge in [-0.2, -0.15) is 0 Å². The normalized spacial score (nSPS) is 24.8. The lowest BCUT2D eigenvalue weighted by molar-refractivity contribution is -0.137. The molecule has 1 aromatic rings. The number of hydrogen-bond donors (Lipinski definition) is 2. The van der Waals surface area contributed by atoms with Crippen molar-refractivity contribution in [3.8, 4) is 0 Å². The van der Waals surface area contributed by atoms with E-state index in [0.717, 1.165) is 11.1 Å². The Labute approximate surface area is 146 Å². The zero-order valence-corrected chi connectivity index (χ0v) is 14.6. The third-order valence-corrected chi connectivity index (χ3v) is 4.62. The number of nitrogens with zero attached hydrogens (tertiary/aromatic N) is 4. The number of aliphatic imine (C=N–C) groups is 1. The highest BCUT2D eigenvalue weighted by molar-refractivity contribution is 6.04. The van der Waals surface area contributed by atoms with Gasteiger partial charge in [0.05, 0.1) is 19.7 Å². The number of nitrogens with one attached hydrogen (secondary N) is 1. The van der Waals surface area contributed by atoms with Crippen molar-refractivity contribution in [2.45, 2.75) is 25.7 Å². The monoisotopic (exact) mass is 345 g/mol. The predicted octanol–water partition coefficient (Wildman–Crippen LogP) is -0.0330. The maximum absolute atomic E-state index is 13.0. The van der Waals surface area contributed by atoms with Crippen molar-refractivity contribution < 1.29 is 14.7 Å². The first kappa shape index (κ1) is 17.2. The summed E-state index contributed by atoms with van der Waals surface area (Å²) in [6.07, 6.45) is -0.461. The predicted molar refractivity (Wildman–Crippen MR) is 92.8 cm³/mol. The quantitative estimate of drug-likeness (QED) is 0.800. The Balaban J connectivity index is 1.84. The van der Waals surface area contributed by atoms with Crippen LogP contribution in [0.15, 0.2) is 29.3 Å². The van der Waals surface area contributed by atoms with Gasteiger partial charge in [0.15, 0.2) is 12.0 Å². The van der Waals surface area contributed by atoms with Crippen LogP contribution in [-0.2, 0) is 11.3 Å². The average molecular weight is 345 g/mol. The molecule has 3 rings (SSSR count). The van der Waals surface area contributed by atoms with E-state index in [1.807, 2.05) is 31.2 Å². The molecule has 2 atom stereocenters. The number of likely N-dealkylation sites (N-methyl/N-ethyl adjacent to an activating group) is 2. The standard InChI is InChI=1S/C17H23N5O3/c1-11-4-6-12(7-5-11)10-22-15(24)13-14(21(3)17(22)25)19-16(20(13)2)18-8-9-23/h4-7,13-14,23H,8-10H2,1-3H3,(H,18,19). The van der Waals surface area contributed by atoms with E-state index in [9.17, 15) is 9.59 Å². The average Bonchev–Trinajstić information content (AvgIpc) is 2.93. The second-order valence-corrected chi connectivity index (χ2v) is 6.38. The molecule has 3 amide bonds. The molecule has 0 saturated carbocycles. The Morgan fingerprint density at radius 2 is 1.84 bits per heavy atom. The summed E-state index contributed by atoms with van der Waals surface area (Å²) in [6, 6.07) is 6.90. The van der Waals surface area contributed by atoms with Gasteiger partial charge in [0, 0.05) is 14.1 Å². The van der Waals surface area contributed by atoms with E-state index in [1.54, 1.807) is 19.0 Å². The molecule has 0 aromatic heterocycles. The van der Waals surface area contributed by atoms with Crippen molar-refractivity contribution in [3.05, 3.63) is 35.4 Å². The van der Waals surface area contributed by atoms with E-state index in [1.165, 1.54) is 9.80 Å². The number of aliphatic hydroxyl groups is 1. The molecule has 8 nitrogen and oxygen atoms in total. The minimum absolute atomic E-state index is 0.0728. The number of guanidine groups is 1. The lowest BCUT2D eigenvalue weighted by atomic mass is 10.1. The highest BCUT2D eigenvalue weighted by atomic mass is 16.3. The summed E-state index contributed by atoms with van der Waals surface area (Å²) in [6.45, 7) is 2.40. The van der Waals surface area contributed by atoms with Gasteiger partial charge >= 0.3 is 6.03 Å². The largest absolute Gasteiger partial charge is 0.394 e. The SMILES string of the molecule is Cc1ccc(CN2C(=O)C3C(NC(=NCCO)N3C)N(C)C2=O)cc1. The fourth-order valence-electron chi connectivity index (χ4n) is 3.16. The minimum Gasteiger partial charge on any atom is -0.394 e. The van der Waals surface area contributed by atoms with Crippen LogP contribution in [0.5, 0.6) is 0 Å². The van der Waals surface area contributed by atoms with Crippen LogP contribution in [0, 0.1) is 6.92 Å². The van der Waals surface area contributed by atoms with E-state index in [0.29, 0.717) is 5.96 Å². The zero-order valence-electron chi connectivity index (χ0n) is 14.6. The lowest BCUT2D eigenvalue weighted by Crippen LogP contribution is -2.65. The fraction of sp³-hybridized carbons (Fsp3) is 0.471. The van der Waals surface area contributed by atoms with Crippen molar-refractivity contribution in [1.82, 2.24) is 20.0 Å². The summed E-state index contributed by atoms with van der Waals surface area (Å²) in [5, 5.41) is 12.1. The molecule has 1 aromatic carbocycles. The van der Waals surface area contributed by atoms with Gasteiger partial charge in [0.1, 0.15) is 6.17 Å².